The van der Waals surface area contributed by atoms with Gasteiger partial charge >= 0.3 is 0 Å². The third kappa shape index (κ3) is 2.60. The summed E-state index contributed by atoms with van der Waals surface area (Å²) in [6.45, 7) is 0.725. The van der Waals surface area contributed by atoms with Crippen molar-refractivity contribution < 1.29 is 4.92 Å². The van der Waals surface area contributed by atoms with E-state index in [-0.39, 0.29) is 5.69 Å². The van der Waals surface area contributed by atoms with Gasteiger partial charge in [0.05, 0.1) is 17.0 Å². The maximum absolute atomic E-state index is 10.7. The zero-order valence-electron chi connectivity index (χ0n) is 10.4. The molecule has 0 fully saturated rings. The molecule has 0 saturated carbocycles. The minimum Gasteiger partial charge on any atom is -0.365 e. The molecule has 2 aromatic heterocycles. The molecule has 0 aliphatic rings. The van der Waals surface area contributed by atoms with Gasteiger partial charge < -0.3 is 5.32 Å². The van der Waals surface area contributed by atoms with Crippen LogP contribution in [-0.2, 0) is 6.54 Å². The molecule has 5 nitrogen and oxygen atoms in total. The smallest absolute Gasteiger partial charge is 0.270 e. The second-order valence-electron chi connectivity index (χ2n) is 4.26. The Balaban J connectivity index is 1.83. The number of benzene rings is 1. The van der Waals surface area contributed by atoms with Gasteiger partial charge in [-0.2, -0.15) is 0 Å². The predicted molar refractivity (Wildman–Crippen MR) is 80.0 cm³/mol. The summed E-state index contributed by atoms with van der Waals surface area (Å²) in [6, 6.07) is 12.4. The third-order valence-electron chi connectivity index (χ3n) is 2.91. The number of nitro benzene ring substituents is 1. The highest BCUT2D eigenvalue weighted by Crippen LogP contribution is 2.21. The van der Waals surface area contributed by atoms with Gasteiger partial charge in [-0.25, -0.2) is 4.98 Å². The van der Waals surface area contributed by atoms with Crippen molar-refractivity contribution in [1.82, 2.24) is 4.98 Å². The number of hydrogen-bond acceptors (Lipinski definition) is 5. The molecule has 0 unspecified atom stereocenters. The van der Waals surface area contributed by atoms with Gasteiger partial charge in [0.15, 0.2) is 0 Å². The molecule has 0 saturated heterocycles. The van der Waals surface area contributed by atoms with Crippen molar-refractivity contribution in [1.29, 1.82) is 0 Å². The van der Waals surface area contributed by atoms with E-state index < -0.39 is 4.92 Å². The Morgan fingerprint density at radius 1 is 1.25 bits per heavy atom. The Kier molecular flexibility index (Phi) is 3.30. The van der Waals surface area contributed by atoms with Crippen molar-refractivity contribution in [2.45, 2.75) is 6.54 Å². The molecule has 1 N–H and O–H groups in total. The summed E-state index contributed by atoms with van der Waals surface area (Å²) in [5, 5.41) is 16.8. The number of hydrogen-bond donors (Lipinski definition) is 1. The van der Waals surface area contributed by atoms with Crippen LogP contribution in [0.4, 0.5) is 11.5 Å². The van der Waals surface area contributed by atoms with Crippen LogP contribution in [0.2, 0.25) is 0 Å². The largest absolute Gasteiger partial charge is 0.365 e. The standard InChI is InChI=1S/C14H11N3O2S/c18-17(19)11-4-5-13-10(8-11)3-6-14(16-13)15-9-12-2-1-7-20-12/h1-8H,9H2,(H,15,16). The van der Waals surface area contributed by atoms with E-state index in [4.69, 9.17) is 0 Å². The minimum atomic E-state index is -0.400. The molecule has 100 valence electrons. The number of thiophene rings is 1. The maximum atomic E-state index is 10.7. The van der Waals surface area contributed by atoms with Gasteiger partial charge in [-0.3, -0.25) is 10.1 Å². The van der Waals surface area contributed by atoms with Crippen molar-refractivity contribution in [2.24, 2.45) is 0 Å². The van der Waals surface area contributed by atoms with Crippen LogP contribution in [0.5, 0.6) is 0 Å². The quantitative estimate of drug-likeness (QED) is 0.584. The van der Waals surface area contributed by atoms with Gasteiger partial charge in [0.1, 0.15) is 5.82 Å². The lowest BCUT2D eigenvalue weighted by molar-refractivity contribution is -0.384. The Morgan fingerprint density at radius 3 is 2.90 bits per heavy atom. The van der Waals surface area contributed by atoms with Crippen LogP contribution in [-0.4, -0.2) is 9.91 Å². The van der Waals surface area contributed by atoms with Gasteiger partial charge in [-0.1, -0.05) is 6.07 Å². The van der Waals surface area contributed by atoms with Crippen molar-refractivity contribution >= 4 is 33.7 Å². The van der Waals surface area contributed by atoms with Gasteiger partial charge in [0.25, 0.3) is 5.69 Å². The van der Waals surface area contributed by atoms with Crippen LogP contribution in [0.25, 0.3) is 10.9 Å². The van der Waals surface area contributed by atoms with Crippen molar-refractivity contribution in [3.8, 4) is 0 Å². The number of non-ortho nitro benzene ring substituents is 1. The lowest BCUT2D eigenvalue weighted by Crippen LogP contribution is -1.99. The first kappa shape index (κ1) is 12.6. The van der Waals surface area contributed by atoms with E-state index in [1.54, 1.807) is 17.4 Å². The first-order valence-corrected chi connectivity index (χ1v) is 6.92. The van der Waals surface area contributed by atoms with E-state index in [1.165, 1.54) is 17.0 Å². The lowest BCUT2D eigenvalue weighted by atomic mass is 10.2. The van der Waals surface area contributed by atoms with Crippen LogP contribution in [0.3, 0.4) is 0 Å². The Hall–Kier alpha value is -2.47. The van der Waals surface area contributed by atoms with Crippen molar-refractivity contribution in [2.75, 3.05) is 5.32 Å². The second kappa shape index (κ2) is 5.26. The molecule has 0 amide bonds. The molecule has 0 aliphatic heterocycles. The first-order valence-electron chi connectivity index (χ1n) is 6.04. The number of aromatic nitrogens is 1. The average molecular weight is 285 g/mol. The SMILES string of the molecule is O=[N+]([O-])c1ccc2nc(NCc3cccs3)ccc2c1. The molecule has 0 radical (unpaired) electrons. The fraction of sp³-hybridized carbons (Fsp3) is 0.0714. The summed E-state index contributed by atoms with van der Waals surface area (Å²) in [4.78, 5) is 16.0. The van der Waals surface area contributed by atoms with E-state index >= 15 is 0 Å². The normalized spacial score (nSPS) is 10.6. The topological polar surface area (TPSA) is 68.1 Å². The zero-order chi connectivity index (χ0) is 13.9. The van der Waals surface area contributed by atoms with E-state index in [1.807, 2.05) is 23.6 Å². The maximum Gasteiger partial charge on any atom is 0.270 e. The van der Waals surface area contributed by atoms with Gasteiger partial charge in [0.2, 0.25) is 0 Å². The van der Waals surface area contributed by atoms with Crippen molar-refractivity contribution in [3.05, 3.63) is 62.8 Å². The number of rotatable bonds is 4. The summed E-state index contributed by atoms with van der Waals surface area (Å²) in [5.74, 6) is 0.764. The fourth-order valence-electron chi connectivity index (χ4n) is 1.92. The van der Waals surface area contributed by atoms with Crippen LogP contribution in [0, 0.1) is 10.1 Å². The molecular weight excluding hydrogens is 274 g/mol. The fourth-order valence-corrected chi connectivity index (χ4v) is 2.56. The highest BCUT2D eigenvalue weighted by Gasteiger charge is 2.07. The van der Waals surface area contributed by atoms with E-state index in [9.17, 15) is 10.1 Å². The zero-order valence-corrected chi connectivity index (χ0v) is 11.3. The number of pyridine rings is 1. The van der Waals surface area contributed by atoms with E-state index in [2.05, 4.69) is 16.4 Å². The molecule has 0 bridgehead atoms. The van der Waals surface area contributed by atoms with Crippen LogP contribution >= 0.6 is 11.3 Å². The van der Waals surface area contributed by atoms with Gasteiger partial charge in [-0.05, 0) is 29.6 Å². The Morgan fingerprint density at radius 2 is 2.15 bits per heavy atom. The van der Waals surface area contributed by atoms with Gasteiger partial charge in [-0.15, -0.1) is 11.3 Å². The van der Waals surface area contributed by atoms with Crippen LogP contribution in [0.1, 0.15) is 4.88 Å². The summed E-state index contributed by atoms with van der Waals surface area (Å²) >= 11 is 1.69. The molecule has 3 aromatic rings. The van der Waals surface area contributed by atoms with Crippen LogP contribution < -0.4 is 5.32 Å². The second-order valence-corrected chi connectivity index (χ2v) is 5.30. The molecule has 1 aromatic carbocycles. The Bertz CT molecular complexity index is 756. The number of nitrogens with zero attached hydrogens (tertiary/aromatic N) is 2. The average Bonchev–Trinajstić information content (AvgIpc) is 2.97. The molecule has 2 heterocycles. The highest BCUT2D eigenvalue weighted by molar-refractivity contribution is 7.09. The minimum absolute atomic E-state index is 0.0820. The molecule has 3 rings (SSSR count). The van der Waals surface area contributed by atoms with E-state index in [0.717, 1.165) is 23.3 Å². The molecular formula is C14H11N3O2S. The summed E-state index contributed by atoms with van der Waals surface area (Å²) < 4.78 is 0. The first-order chi connectivity index (χ1) is 9.72. The number of fused-ring (bicyclic) bond motifs is 1. The highest BCUT2D eigenvalue weighted by atomic mass is 32.1. The molecule has 0 spiro atoms. The molecule has 20 heavy (non-hydrogen) atoms. The van der Waals surface area contributed by atoms with Crippen LogP contribution in [0.15, 0.2) is 47.8 Å². The molecule has 0 atom stereocenters. The monoisotopic (exact) mass is 285 g/mol. The summed E-state index contributed by atoms with van der Waals surface area (Å²) in [5.41, 5.74) is 0.824. The Labute approximate surface area is 119 Å². The van der Waals surface area contributed by atoms with Crippen molar-refractivity contribution in [3.63, 3.8) is 0 Å². The summed E-state index contributed by atoms with van der Waals surface area (Å²) in [7, 11) is 0. The molecule has 0 aliphatic carbocycles. The predicted octanol–water partition coefficient (Wildman–Crippen LogP) is 3.82. The molecule has 6 heteroatoms. The lowest BCUT2D eigenvalue weighted by Gasteiger charge is -2.05. The number of nitrogens with one attached hydrogen (secondary N) is 1. The van der Waals surface area contributed by atoms with Gasteiger partial charge in [0, 0.05) is 22.4 Å². The third-order valence-corrected chi connectivity index (χ3v) is 3.78. The van der Waals surface area contributed by atoms with E-state index in [0.29, 0.717) is 0 Å². The number of nitro groups is 1. The summed E-state index contributed by atoms with van der Waals surface area (Å²) in [6.07, 6.45) is 0. The number of anilines is 1.